The third kappa shape index (κ3) is 5.15. The number of benzene rings is 1. The van der Waals surface area contributed by atoms with Crippen molar-refractivity contribution in [1.82, 2.24) is 0 Å². The highest BCUT2D eigenvalue weighted by atomic mass is 28.4. The van der Waals surface area contributed by atoms with Crippen LogP contribution in [0.5, 0.6) is 5.75 Å². The van der Waals surface area contributed by atoms with Gasteiger partial charge in [0.05, 0.1) is 0 Å². The van der Waals surface area contributed by atoms with E-state index >= 15 is 0 Å². The van der Waals surface area contributed by atoms with E-state index in [-0.39, 0.29) is 0 Å². The second-order valence-electron chi connectivity index (χ2n) is 5.03. The van der Waals surface area contributed by atoms with Gasteiger partial charge in [-0.2, -0.15) is 0 Å². The molecule has 0 atom stereocenters. The van der Waals surface area contributed by atoms with E-state index in [9.17, 15) is 0 Å². The van der Waals surface area contributed by atoms with Crippen LogP contribution in [0.1, 0.15) is 0 Å². The summed E-state index contributed by atoms with van der Waals surface area (Å²) in [6, 6.07) is 9.90. The van der Waals surface area contributed by atoms with E-state index in [1.54, 1.807) is 0 Å². The maximum absolute atomic E-state index is 6.08. The van der Waals surface area contributed by atoms with E-state index in [1.807, 2.05) is 30.3 Å². The highest BCUT2D eigenvalue weighted by Gasteiger charge is 2.33. The van der Waals surface area contributed by atoms with Gasteiger partial charge in [-0.1, -0.05) is 18.2 Å². The van der Waals surface area contributed by atoms with Crippen LogP contribution < -0.4 is 4.43 Å². The molecule has 0 heterocycles. The fraction of sp³-hybridized carbons (Fsp3) is 0.455. The van der Waals surface area contributed by atoms with Crippen molar-refractivity contribution in [3.05, 3.63) is 30.3 Å². The van der Waals surface area contributed by atoms with Gasteiger partial charge in [0.1, 0.15) is 5.75 Å². The summed E-state index contributed by atoms with van der Waals surface area (Å²) in [5.74, 6) is 0.910. The Hall–Kier alpha value is -0.586. The molecule has 0 radical (unpaired) electrons. The highest BCUT2D eigenvalue weighted by molar-refractivity contribution is 6.81. The van der Waals surface area contributed by atoms with Crippen LogP contribution in [0.3, 0.4) is 0 Å². The SMILES string of the molecule is C[Si](C)(C)O[Si](C)(C)Oc1ccccc1. The molecule has 0 aromatic heterocycles. The van der Waals surface area contributed by atoms with Gasteiger partial charge in [-0.3, -0.25) is 0 Å². The molecule has 0 aliphatic rings. The summed E-state index contributed by atoms with van der Waals surface area (Å²) >= 11 is 0. The molecule has 0 saturated heterocycles. The third-order valence-corrected chi connectivity index (χ3v) is 6.80. The largest absolute Gasteiger partial charge is 0.521 e. The Kier molecular flexibility index (Phi) is 3.75. The van der Waals surface area contributed by atoms with Crippen molar-refractivity contribution < 1.29 is 8.54 Å². The molecular formula is C11H20O2Si2. The number of rotatable bonds is 4. The lowest BCUT2D eigenvalue weighted by molar-refractivity contribution is 0.397. The molecule has 0 fully saturated rings. The molecule has 4 heteroatoms. The third-order valence-electron chi connectivity index (χ3n) is 1.66. The predicted octanol–water partition coefficient (Wildman–Crippen LogP) is 3.62. The van der Waals surface area contributed by atoms with Crippen molar-refractivity contribution in [2.45, 2.75) is 32.7 Å². The van der Waals surface area contributed by atoms with Crippen molar-refractivity contribution >= 4 is 16.9 Å². The van der Waals surface area contributed by atoms with Gasteiger partial charge in [0.15, 0.2) is 8.32 Å². The van der Waals surface area contributed by atoms with Crippen LogP contribution in [0, 0.1) is 0 Å². The van der Waals surface area contributed by atoms with Crippen molar-refractivity contribution in [3.8, 4) is 5.75 Å². The Morgan fingerprint density at radius 3 is 1.87 bits per heavy atom. The van der Waals surface area contributed by atoms with Gasteiger partial charge >= 0.3 is 8.56 Å². The Morgan fingerprint density at radius 1 is 0.867 bits per heavy atom. The first-order valence-corrected chi connectivity index (χ1v) is 11.5. The molecule has 0 aliphatic heterocycles. The van der Waals surface area contributed by atoms with E-state index in [0.29, 0.717) is 0 Å². The topological polar surface area (TPSA) is 18.5 Å². The fourth-order valence-electron chi connectivity index (χ4n) is 1.53. The molecule has 84 valence electrons. The summed E-state index contributed by atoms with van der Waals surface area (Å²) in [4.78, 5) is 0. The maximum Gasteiger partial charge on any atom is 0.382 e. The molecule has 15 heavy (non-hydrogen) atoms. The average Bonchev–Trinajstić information content (AvgIpc) is 1.99. The van der Waals surface area contributed by atoms with Crippen molar-refractivity contribution in [2.24, 2.45) is 0 Å². The quantitative estimate of drug-likeness (QED) is 0.748. The van der Waals surface area contributed by atoms with Crippen LogP contribution >= 0.6 is 0 Å². The van der Waals surface area contributed by atoms with Gasteiger partial charge in [-0.25, -0.2) is 0 Å². The summed E-state index contributed by atoms with van der Waals surface area (Å²) in [5, 5.41) is 0. The first-order valence-electron chi connectivity index (χ1n) is 5.23. The second-order valence-corrected chi connectivity index (χ2v) is 13.1. The second kappa shape index (κ2) is 4.51. The molecule has 0 aliphatic carbocycles. The van der Waals surface area contributed by atoms with Gasteiger partial charge in [0.25, 0.3) is 0 Å². The maximum atomic E-state index is 6.08. The van der Waals surface area contributed by atoms with Crippen LogP contribution in [-0.4, -0.2) is 16.9 Å². The van der Waals surface area contributed by atoms with E-state index in [1.165, 1.54) is 0 Å². The minimum Gasteiger partial charge on any atom is -0.521 e. The zero-order valence-corrected chi connectivity index (χ0v) is 12.2. The minimum absolute atomic E-state index is 0.910. The smallest absolute Gasteiger partial charge is 0.382 e. The molecule has 0 N–H and O–H groups in total. The van der Waals surface area contributed by atoms with Crippen LogP contribution in [0.2, 0.25) is 32.7 Å². The normalized spacial score (nSPS) is 12.6. The first-order chi connectivity index (χ1) is 6.79. The van der Waals surface area contributed by atoms with Gasteiger partial charge in [0, 0.05) is 0 Å². The zero-order valence-electron chi connectivity index (χ0n) is 10.2. The lowest BCUT2D eigenvalue weighted by Gasteiger charge is -2.31. The van der Waals surface area contributed by atoms with Crippen LogP contribution in [0.15, 0.2) is 30.3 Å². The summed E-state index contributed by atoms with van der Waals surface area (Å²) < 4.78 is 12.0. The van der Waals surface area contributed by atoms with E-state index in [2.05, 4.69) is 32.7 Å². The van der Waals surface area contributed by atoms with Gasteiger partial charge in [-0.15, -0.1) is 0 Å². The lowest BCUT2D eigenvalue weighted by Crippen LogP contribution is -2.47. The van der Waals surface area contributed by atoms with Crippen molar-refractivity contribution in [3.63, 3.8) is 0 Å². The molecule has 1 aromatic rings. The summed E-state index contributed by atoms with van der Waals surface area (Å²) in [7, 11) is -3.53. The van der Waals surface area contributed by atoms with Gasteiger partial charge in [-0.05, 0) is 44.9 Å². The Labute approximate surface area is 94.6 Å². The van der Waals surface area contributed by atoms with Crippen molar-refractivity contribution in [1.29, 1.82) is 0 Å². The van der Waals surface area contributed by atoms with Crippen molar-refractivity contribution in [2.75, 3.05) is 0 Å². The van der Waals surface area contributed by atoms with Gasteiger partial charge in [0.2, 0.25) is 0 Å². The standard InChI is InChI=1S/C11H20O2Si2/c1-14(2,3)13-15(4,5)12-11-9-7-6-8-10-11/h6-10H,1-5H3. The van der Waals surface area contributed by atoms with E-state index in [0.717, 1.165) is 5.75 Å². The highest BCUT2D eigenvalue weighted by Crippen LogP contribution is 2.19. The summed E-state index contributed by atoms with van der Waals surface area (Å²) in [5.41, 5.74) is 0. The molecule has 1 aromatic carbocycles. The average molecular weight is 240 g/mol. The summed E-state index contributed by atoms with van der Waals surface area (Å²) in [6.45, 7) is 10.8. The van der Waals surface area contributed by atoms with Crippen LogP contribution in [-0.2, 0) is 4.12 Å². The number of para-hydroxylation sites is 1. The first kappa shape index (κ1) is 12.5. The fourth-order valence-corrected chi connectivity index (χ4v) is 8.30. The Balaban J connectivity index is 2.65. The predicted molar refractivity (Wildman–Crippen MR) is 69.0 cm³/mol. The van der Waals surface area contributed by atoms with Crippen LogP contribution in [0.4, 0.5) is 0 Å². The van der Waals surface area contributed by atoms with E-state index in [4.69, 9.17) is 8.54 Å². The molecule has 0 saturated carbocycles. The Bertz CT molecular complexity index is 304. The van der Waals surface area contributed by atoms with E-state index < -0.39 is 16.9 Å². The zero-order chi connectivity index (χ0) is 11.5. The lowest BCUT2D eigenvalue weighted by atomic mass is 10.3. The molecule has 0 amide bonds. The molecule has 2 nitrogen and oxygen atoms in total. The van der Waals surface area contributed by atoms with Gasteiger partial charge < -0.3 is 8.54 Å². The molecule has 0 unspecified atom stereocenters. The number of hydrogen-bond donors (Lipinski definition) is 0. The monoisotopic (exact) mass is 240 g/mol. The van der Waals surface area contributed by atoms with Crippen LogP contribution in [0.25, 0.3) is 0 Å². The minimum atomic E-state index is -2.02. The molecule has 0 spiro atoms. The molecule has 0 bridgehead atoms. The summed E-state index contributed by atoms with van der Waals surface area (Å²) in [6.07, 6.45) is 0. The number of hydrogen-bond acceptors (Lipinski definition) is 2. The Morgan fingerprint density at radius 2 is 1.40 bits per heavy atom. The molecule has 1 rings (SSSR count). The molecular weight excluding hydrogens is 220 g/mol.